The van der Waals surface area contributed by atoms with Crippen LogP contribution < -0.4 is 16.0 Å². The van der Waals surface area contributed by atoms with Crippen LogP contribution in [-0.2, 0) is 0 Å². The molecule has 114 valence electrons. The van der Waals surface area contributed by atoms with E-state index in [1.807, 2.05) is 0 Å². The van der Waals surface area contributed by atoms with Gasteiger partial charge in [0.2, 0.25) is 17.8 Å². The standard InChI is InChI=1S/C13H26N6O/c1-3-5-7-14-11-17-12(15-8-6-4-2)19-13(18-11)16-9-10-20/h20H,3-10H2,1-2H3,(H3,14,15,16,17,18,19). The van der Waals surface area contributed by atoms with Crippen molar-refractivity contribution in [1.29, 1.82) is 0 Å². The summed E-state index contributed by atoms with van der Waals surface area (Å²) in [7, 11) is 0. The molecule has 0 atom stereocenters. The molecule has 0 spiro atoms. The van der Waals surface area contributed by atoms with Crippen molar-refractivity contribution in [2.45, 2.75) is 39.5 Å². The fraction of sp³-hybridized carbons (Fsp3) is 0.769. The molecule has 7 nitrogen and oxygen atoms in total. The van der Waals surface area contributed by atoms with Crippen LogP contribution in [0.15, 0.2) is 0 Å². The van der Waals surface area contributed by atoms with Crippen LogP contribution in [0.4, 0.5) is 17.8 Å². The zero-order valence-corrected chi connectivity index (χ0v) is 12.4. The molecule has 1 aromatic heterocycles. The van der Waals surface area contributed by atoms with Gasteiger partial charge < -0.3 is 21.1 Å². The number of hydrogen-bond acceptors (Lipinski definition) is 7. The Morgan fingerprint density at radius 3 is 1.50 bits per heavy atom. The summed E-state index contributed by atoms with van der Waals surface area (Å²) in [4.78, 5) is 12.9. The molecular formula is C13H26N6O. The van der Waals surface area contributed by atoms with E-state index in [-0.39, 0.29) is 6.61 Å². The van der Waals surface area contributed by atoms with E-state index < -0.39 is 0 Å². The molecule has 0 radical (unpaired) electrons. The second-order valence-corrected chi connectivity index (χ2v) is 4.52. The average molecular weight is 282 g/mol. The highest BCUT2D eigenvalue weighted by molar-refractivity contribution is 5.42. The van der Waals surface area contributed by atoms with Gasteiger partial charge in [0.05, 0.1) is 6.61 Å². The number of aliphatic hydroxyl groups excluding tert-OH is 1. The second kappa shape index (κ2) is 10.2. The van der Waals surface area contributed by atoms with Gasteiger partial charge in [0.25, 0.3) is 0 Å². The number of nitrogens with zero attached hydrogens (tertiary/aromatic N) is 3. The Balaban J connectivity index is 2.67. The Bertz CT molecular complexity index is 346. The molecule has 0 fully saturated rings. The number of rotatable bonds is 11. The minimum absolute atomic E-state index is 0.0445. The highest BCUT2D eigenvalue weighted by atomic mass is 16.3. The molecule has 0 aliphatic carbocycles. The van der Waals surface area contributed by atoms with E-state index >= 15 is 0 Å². The fourth-order valence-electron chi connectivity index (χ4n) is 1.53. The Hall–Kier alpha value is -1.63. The summed E-state index contributed by atoms with van der Waals surface area (Å²) in [5.41, 5.74) is 0. The number of unbranched alkanes of at least 4 members (excludes halogenated alkanes) is 2. The molecule has 0 aromatic carbocycles. The first-order chi connectivity index (χ1) is 9.80. The maximum absolute atomic E-state index is 8.85. The molecule has 0 saturated heterocycles. The van der Waals surface area contributed by atoms with Gasteiger partial charge in [0.1, 0.15) is 0 Å². The fourth-order valence-corrected chi connectivity index (χ4v) is 1.53. The average Bonchev–Trinajstić information content (AvgIpc) is 2.46. The van der Waals surface area contributed by atoms with Crippen molar-refractivity contribution in [2.24, 2.45) is 0 Å². The molecule has 0 saturated carbocycles. The predicted octanol–water partition coefficient (Wildman–Crippen LogP) is 1.70. The summed E-state index contributed by atoms with van der Waals surface area (Å²) in [5, 5.41) is 18.2. The van der Waals surface area contributed by atoms with Crippen molar-refractivity contribution in [2.75, 3.05) is 42.2 Å². The summed E-state index contributed by atoms with van der Waals surface area (Å²) in [5.74, 6) is 1.60. The van der Waals surface area contributed by atoms with E-state index in [0.717, 1.165) is 38.8 Å². The second-order valence-electron chi connectivity index (χ2n) is 4.52. The van der Waals surface area contributed by atoms with Gasteiger partial charge in [0, 0.05) is 19.6 Å². The molecule has 4 N–H and O–H groups in total. The normalized spacial score (nSPS) is 10.3. The van der Waals surface area contributed by atoms with Crippen molar-refractivity contribution < 1.29 is 5.11 Å². The van der Waals surface area contributed by atoms with Crippen molar-refractivity contribution in [3.8, 4) is 0 Å². The predicted molar refractivity (Wildman–Crippen MR) is 82.2 cm³/mol. The Morgan fingerprint density at radius 2 is 1.15 bits per heavy atom. The van der Waals surface area contributed by atoms with E-state index in [0.29, 0.717) is 24.4 Å². The third kappa shape index (κ3) is 6.51. The van der Waals surface area contributed by atoms with Gasteiger partial charge in [-0.15, -0.1) is 0 Å². The lowest BCUT2D eigenvalue weighted by molar-refractivity contribution is 0.311. The number of anilines is 3. The quantitative estimate of drug-likeness (QED) is 0.459. The topological polar surface area (TPSA) is 95.0 Å². The Morgan fingerprint density at radius 1 is 0.750 bits per heavy atom. The molecule has 1 rings (SSSR count). The number of hydrogen-bond donors (Lipinski definition) is 4. The van der Waals surface area contributed by atoms with Gasteiger partial charge in [-0.3, -0.25) is 0 Å². The first-order valence-electron chi connectivity index (χ1n) is 7.38. The lowest BCUT2D eigenvalue weighted by atomic mass is 10.3. The van der Waals surface area contributed by atoms with Crippen LogP contribution in [0.5, 0.6) is 0 Å². The molecular weight excluding hydrogens is 256 g/mol. The highest BCUT2D eigenvalue weighted by Crippen LogP contribution is 2.09. The lowest BCUT2D eigenvalue weighted by Crippen LogP contribution is -2.15. The monoisotopic (exact) mass is 282 g/mol. The van der Waals surface area contributed by atoms with Gasteiger partial charge in [-0.1, -0.05) is 26.7 Å². The zero-order valence-electron chi connectivity index (χ0n) is 12.4. The summed E-state index contributed by atoms with van der Waals surface area (Å²) in [6, 6.07) is 0. The van der Waals surface area contributed by atoms with Crippen LogP contribution >= 0.6 is 0 Å². The van der Waals surface area contributed by atoms with E-state index in [1.165, 1.54) is 0 Å². The molecule has 0 aliphatic heterocycles. The Labute approximate surface area is 120 Å². The number of aromatic nitrogens is 3. The first-order valence-corrected chi connectivity index (χ1v) is 7.38. The van der Waals surface area contributed by atoms with Crippen molar-refractivity contribution in [1.82, 2.24) is 15.0 Å². The van der Waals surface area contributed by atoms with Gasteiger partial charge in [-0.2, -0.15) is 15.0 Å². The van der Waals surface area contributed by atoms with Gasteiger partial charge in [0.15, 0.2) is 0 Å². The third-order valence-corrected chi connectivity index (χ3v) is 2.66. The summed E-state index contributed by atoms with van der Waals surface area (Å²) in [6.45, 7) is 6.43. The minimum atomic E-state index is 0.0445. The van der Waals surface area contributed by atoms with Crippen molar-refractivity contribution in [3.05, 3.63) is 0 Å². The van der Waals surface area contributed by atoms with Crippen LogP contribution in [0, 0.1) is 0 Å². The van der Waals surface area contributed by atoms with Crippen LogP contribution in [0.2, 0.25) is 0 Å². The molecule has 1 aromatic rings. The third-order valence-electron chi connectivity index (χ3n) is 2.66. The van der Waals surface area contributed by atoms with Crippen molar-refractivity contribution in [3.63, 3.8) is 0 Å². The lowest BCUT2D eigenvalue weighted by Gasteiger charge is -2.10. The summed E-state index contributed by atoms with van der Waals surface area (Å²) < 4.78 is 0. The smallest absolute Gasteiger partial charge is 0.229 e. The van der Waals surface area contributed by atoms with Crippen LogP contribution in [-0.4, -0.2) is 46.3 Å². The molecule has 7 heteroatoms. The van der Waals surface area contributed by atoms with E-state index in [2.05, 4.69) is 44.7 Å². The molecule has 1 heterocycles. The largest absolute Gasteiger partial charge is 0.395 e. The molecule has 0 bridgehead atoms. The van der Waals surface area contributed by atoms with Crippen LogP contribution in [0.25, 0.3) is 0 Å². The van der Waals surface area contributed by atoms with E-state index in [1.54, 1.807) is 0 Å². The maximum atomic E-state index is 8.85. The van der Waals surface area contributed by atoms with Crippen molar-refractivity contribution >= 4 is 17.8 Å². The minimum Gasteiger partial charge on any atom is -0.395 e. The van der Waals surface area contributed by atoms with Gasteiger partial charge >= 0.3 is 0 Å². The molecule has 20 heavy (non-hydrogen) atoms. The SMILES string of the molecule is CCCCNc1nc(NCCO)nc(NCCCC)n1. The van der Waals surface area contributed by atoms with E-state index in [9.17, 15) is 0 Å². The Kier molecular flexibility index (Phi) is 8.37. The van der Waals surface area contributed by atoms with Gasteiger partial charge in [-0.05, 0) is 12.8 Å². The highest BCUT2D eigenvalue weighted by Gasteiger charge is 2.05. The van der Waals surface area contributed by atoms with Crippen LogP contribution in [0.1, 0.15) is 39.5 Å². The molecule has 0 aliphatic rings. The molecule has 0 unspecified atom stereocenters. The first kappa shape index (κ1) is 16.4. The van der Waals surface area contributed by atoms with Gasteiger partial charge in [-0.25, -0.2) is 0 Å². The number of aliphatic hydroxyl groups is 1. The zero-order chi connectivity index (χ0) is 14.6. The number of nitrogens with one attached hydrogen (secondary N) is 3. The molecule has 0 amide bonds. The summed E-state index contributed by atoms with van der Waals surface area (Å²) >= 11 is 0. The maximum Gasteiger partial charge on any atom is 0.229 e. The summed E-state index contributed by atoms with van der Waals surface area (Å²) in [6.07, 6.45) is 4.39. The van der Waals surface area contributed by atoms with E-state index in [4.69, 9.17) is 5.11 Å². The van der Waals surface area contributed by atoms with Crippen LogP contribution in [0.3, 0.4) is 0 Å².